The summed E-state index contributed by atoms with van der Waals surface area (Å²) in [7, 11) is -2.16. The summed E-state index contributed by atoms with van der Waals surface area (Å²) < 4.78 is 14.4. The third kappa shape index (κ3) is 8.95. The fourth-order valence-electron chi connectivity index (χ4n) is 3.48. The Morgan fingerprint density at radius 2 is 1.75 bits per heavy atom. The van der Waals surface area contributed by atoms with Crippen LogP contribution in [-0.2, 0) is 22.6 Å². The molecule has 0 bridgehead atoms. The highest BCUT2D eigenvalue weighted by Gasteiger charge is 2.24. The van der Waals surface area contributed by atoms with Crippen molar-refractivity contribution in [3.05, 3.63) is 84.3 Å². The third-order valence-corrected chi connectivity index (χ3v) is 6.41. The highest BCUT2D eigenvalue weighted by atomic mass is 31.1. The van der Waals surface area contributed by atoms with Crippen LogP contribution in [0.25, 0.3) is 11.1 Å². The Hall–Kier alpha value is -3.48. The molecule has 0 aliphatic heterocycles. The molecular formula is C27H32N3O5P. The van der Waals surface area contributed by atoms with Crippen molar-refractivity contribution in [2.24, 2.45) is 10.7 Å². The maximum absolute atomic E-state index is 12.7. The molecule has 8 nitrogen and oxygen atoms in total. The topological polar surface area (TPSA) is 116 Å². The number of alkyl carbamates (subject to hydrolysis) is 1. The second-order valence-corrected chi connectivity index (χ2v) is 9.91. The van der Waals surface area contributed by atoms with Crippen molar-refractivity contribution in [3.8, 4) is 11.1 Å². The van der Waals surface area contributed by atoms with E-state index in [1.165, 1.54) is 5.56 Å². The zero-order valence-corrected chi connectivity index (χ0v) is 21.4. The minimum atomic E-state index is -2.16. The molecule has 0 aliphatic carbocycles. The molecule has 0 radical (unpaired) electrons. The van der Waals surface area contributed by atoms with E-state index in [4.69, 9.17) is 9.15 Å². The summed E-state index contributed by atoms with van der Waals surface area (Å²) >= 11 is 0. The quantitative estimate of drug-likeness (QED) is 0.268. The molecule has 0 spiro atoms. The summed E-state index contributed by atoms with van der Waals surface area (Å²) in [6, 6.07) is 18.7. The minimum absolute atomic E-state index is 0.117. The molecule has 0 aliphatic rings. The van der Waals surface area contributed by atoms with Gasteiger partial charge in [0, 0.05) is 12.1 Å². The van der Waals surface area contributed by atoms with Crippen molar-refractivity contribution in [2.75, 3.05) is 12.8 Å². The van der Waals surface area contributed by atoms with E-state index in [0.29, 0.717) is 6.54 Å². The number of hydrogen-bond acceptors (Lipinski definition) is 6. The van der Waals surface area contributed by atoms with Crippen LogP contribution in [0.15, 0.2) is 82.4 Å². The number of carbonyl (C=O) groups excluding carboxylic acids is 2. The SMILES string of the molecule is CC(C)[C@H](N=[P+]([O-])CNC(=O)OCc1ccccc1)C(=O)NCCCc1ccc(-c2ccoc2)cc1. The highest BCUT2D eigenvalue weighted by molar-refractivity contribution is 7.39. The van der Waals surface area contributed by atoms with Gasteiger partial charge < -0.3 is 19.4 Å². The molecule has 36 heavy (non-hydrogen) atoms. The fraction of sp³-hybridized carbons (Fsp3) is 0.333. The average Bonchev–Trinajstić information content (AvgIpc) is 3.43. The Balaban J connectivity index is 1.39. The van der Waals surface area contributed by atoms with Gasteiger partial charge in [0.2, 0.25) is 5.91 Å². The van der Waals surface area contributed by atoms with Crippen LogP contribution in [0.4, 0.5) is 4.79 Å². The second-order valence-electron chi connectivity index (χ2n) is 8.66. The molecule has 1 heterocycles. The van der Waals surface area contributed by atoms with Crippen molar-refractivity contribution in [1.29, 1.82) is 0 Å². The molecule has 3 rings (SSSR count). The van der Waals surface area contributed by atoms with Gasteiger partial charge in [0.25, 0.3) is 0 Å². The summed E-state index contributed by atoms with van der Waals surface area (Å²) in [5, 5.41) is 5.33. The Bertz CT molecular complexity index is 1120. The molecular weight excluding hydrogens is 477 g/mol. The third-order valence-electron chi connectivity index (χ3n) is 5.47. The van der Waals surface area contributed by atoms with Gasteiger partial charge in [-0.1, -0.05) is 73.2 Å². The Labute approximate surface area is 212 Å². The van der Waals surface area contributed by atoms with Gasteiger partial charge in [-0.3, -0.25) is 10.1 Å². The van der Waals surface area contributed by atoms with Gasteiger partial charge in [-0.15, -0.1) is 0 Å². The predicted molar refractivity (Wildman–Crippen MR) is 138 cm³/mol. The van der Waals surface area contributed by atoms with Gasteiger partial charge >= 0.3 is 6.09 Å². The van der Waals surface area contributed by atoms with Crippen molar-refractivity contribution < 1.29 is 23.6 Å². The van der Waals surface area contributed by atoms with Crippen LogP contribution in [0.3, 0.4) is 0 Å². The number of aryl methyl sites for hydroxylation is 1. The summed E-state index contributed by atoms with van der Waals surface area (Å²) in [5.41, 5.74) is 4.16. The van der Waals surface area contributed by atoms with E-state index in [-0.39, 0.29) is 24.7 Å². The number of ether oxygens (including phenoxy) is 1. The molecule has 0 saturated carbocycles. The number of hydrogen-bond donors (Lipinski definition) is 2. The molecule has 0 fully saturated rings. The number of nitrogens with zero attached hydrogens (tertiary/aromatic N) is 1. The Kier molecular flexibility index (Phi) is 10.7. The van der Waals surface area contributed by atoms with Crippen LogP contribution in [0.2, 0.25) is 0 Å². The Morgan fingerprint density at radius 3 is 2.42 bits per heavy atom. The maximum Gasteiger partial charge on any atom is 0.410 e. The van der Waals surface area contributed by atoms with Crippen molar-refractivity contribution in [3.63, 3.8) is 0 Å². The van der Waals surface area contributed by atoms with Crippen molar-refractivity contribution >= 4 is 19.9 Å². The van der Waals surface area contributed by atoms with Crippen LogP contribution < -0.4 is 15.5 Å². The molecule has 3 aromatic rings. The molecule has 2 amide bonds. The number of amides is 2. The first-order valence-corrected chi connectivity index (χ1v) is 13.3. The summed E-state index contributed by atoms with van der Waals surface area (Å²) in [6.07, 6.45) is 4.08. The van der Waals surface area contributed by atoms with Gasteiger partial charge in [-0.05, 0) is 41.5 Å². The molecule has 190 valence electrons. The van der Waals surface area contributed by atoms with Crippen LogP contribution in [0.5, 0.6) is 0 Å². The first kappa shape index (κ1) is 27.1. The van der Waals surface area contributed by atoms with E-state index in [2.05, 4.69) is 39.6 Å². The molecule has 0 saturated heterocycles. The predicted octanol–water partition coefficient (Wildman–Crippen LogP) is 4.84. The molecule has 2 atom stereocenters. The number of nitrogens with one attached hydrogen (secondary N) is 2. The van der Waals surface area contributed by atoms with Gasteiger partial charge in [-0.25, -0.2) is 4.79 Å². The van der Waals surface area contributed by atoms with Gasteiger partial charge in [0.15, 0.2) is 20.3 Å². The fourth-order valence-corrected chi connectivity index (χ4v) is 4.47. The first-order chi connectivity index (χ1) is 17.4. The lowest BCUT2D eigenvalue weighted by atomic mass is 10.0. The molecule has 2 N–H and O–H groups in total. The average molecular weight is 510 g/mol. The normalized spacial score (nSPS) is 12.3. The van der Waals surface area contributed by atoms with Crippen LogP contribution >= 0.6 is 7.94 Å². The van der Waals surface area contributed by atoms with Crippen LogP contribution in [0, 0.1) is 5.92 Å². The van der Waals surface area contributed by atoms with Crippen molar-refractivity contribution in [2.45, 2.75) is 39.3 Å². The maximum atomic E-state index is 12.7. The smallest absolute Gasteiger partial charge is 0.410 e. The van der Waals surface area contributed by atoms with Crippen LogP contribution in [0.1, 0.15) is 31.4 Å². The monoisotopic (exact) mass is 509 g/mol. The minimum Gasteiger partial charge on any atom is -0.611 e. The lowest BCUT2D eigenvalue weighted by Crippen LogP contribution is -2.37. The first-order valence-electron chi connectivity index (χ1n) is 11.9. The van der Waals surface area contributed by atoms with E-state index in [9.17, 15) is 14.5 Å². The standard InChI is InChI=1S/C27H32N3O5P/c1-20(2)25(30-36(33)19-29-27(32)35-17-22-7-4-3-5-8-22)26(31)28-15-6-9-21-10-12-23(13-11-21)24-14-16-34-18-24/h3-5,7-8,10-14,16,18,20,25H,6,9,15,17,19H2,1-2H3,(H,28,31)(H,29,32)/t25-/m0/s1. The summed E-state index contributed by atoms with van der Waals surface area (Å²) in [6.45, 7) is 4.30. The lowest BCUT2D eigenvalue weighted by molar-refractivity contribution is -0.156. The zero-order chi connectivity index (χ0) is 25.8. The lowest BCUT2D eigenvalue weighted by Gasteiger charge is -2.15. The van der Waals surface area contributed by atoms with Crippen LogP contribution in [-0.4, -0.2) is 30.9 Å². The van der Waals surface area contributed by atoms with E-state index in [1.54, 1.807) is 12.5 Å². The second kappa shape index (κ2) is 14.2. The van der Waals surface area contributed by atoms with Gasteiger partial charge in [-0.2, -0.15) is 0 Å². The van der Waals surface area contributed by atoms with Crippen molar-refractivity contribution in [1.82, 2.24) is 10.6 Å². The zero-order valence-electron chi connectivity index (χ0n) is 20.6. The molecule has 9 heteroatoms. The number of rotatable bonds is 12. The van der Waals surface area contributed by atoms with E-state index in [0.717, 1.165) is 29.5 Å². The molecule has 1 unspecified atom stereocenters. The summed E-state index contributed by atoms with van der Waals surface area (Å²) in [5.74, 6) is -0.403. The number of benzene rings is 2. The number of furan rings is 1. The summed E-state index contributed by atoms with van der Waals surface area (Å²) in [4.78, 5) is 36.9. The van der Waals surface area contributed by atoms with E-state index in [1.807, 2.05) is 50.2 Å². The van der Waals surface area contributed by atoms with E-state index >= 15 is 0 Å². The number of carbonyl (C=O) groups is 2. The molecule has 1 aromatic heterocycles. The largest absolute Gasteiger partial charge is 0.611 e. The highest BCUT2D eigenvalue weighted by Crippen LogP contribution is 2.21. The van der Waals surface area contributed by atoms with Gasteiger partial charge in [0.05, 0.1) is 12.5 Å². The molecule has 2 aromatic carbocycles. The Morgan fingerprint density at radius 1 is 1.00 bits per heavy atom. The van der Waals surface area contributed by atoms with Gasteiger partial charge in [0.1, 0.15) is 6.61 Å². The van der Waals surface area contributed by atoms with E-state index < -0.39 is 20.1 Å².